The zero-order valence-corrected chi connectivity index (χ0v) is 16.1. The number of carbonyl (C=O) groups excluding carboxylic acids is 2. The quantitative estimate of drug-likeness (QED) is 0.801. The topological polar surface area (TPSA) is 57.6 Å². The van der Waals surface area contributed by atoms with E-state index in [0.717, 1.165) is 15.3 Å². The molecule has 1 amide bonds. The summed E-state index contributed by atoms with van der Waals surface area (Å²) in [6, 6.07) is 5.37. The molecule has 0 fully saturated rings. The standard InChI is InChI=1S/C19H21NO3S2/c1-11(2)9-14(21)15-16(18-12(3)6-8-25-18)20(19(23)17(15)22)10-13-5-4-7-24-13/h4-8,11,16,22H,9-10H2,1-3H3. The number of rotatable bonds is 6. The van der Waals surface area contributed by atoms with Crippen LogP contribution in [-0.2, 0) is 16.1 Å². The first-order valence-electron chi connectivity index (χ1n) is 8.23. The Labute approximate surface area is 155 Å². The number of hydrogen-bond acceptors (Lipinski definition) is 5. The molecule has 3 heterocycles. The van der Waals surface area contributed by atoms with Crippen molar-refractivity contribution in [3.05, 3.63) is 55.6 Å². The maximum Gasteiger partial charge on any atom is 0.290 e. The summed E-state index contributed by atoms with van der Waals surface area (Å²) in [6.07, 6.45) is 0.320. The average molecular weight is 376 g/mol. The van der Waals surface area contributed by atoms with Crippen molar-refractivity contribution in [3.8, 4) is 0 Å². The Kier molecular flexibility index (Phi) is 5.11. The molecule has 0 bridgehead atoms. The van der Waals surface area contributed by atoms with E-state index in [1.807, 2.05) is 49.7 Å². The second kappa shape index (κ2) is 7.14. The minimum absolute atomic E-state index is 0.146. The molecule has 1 aliphatic rings. The zero-order valence-electron chi connectivity index (χ0n) is 14.5. The van der Waals surface area contributed by atoms with Crippen LogP contribution in [0.1, 0.15) is 41.6 Å². The van der Waals surface area contributed by atoms with Gasteiger partial charge in [0.2, 0.25) is 0 Å². The van der Waals surface area contributed by atoms with Gasteiger partial charge in [0, 0.05) is 16.2 Å². The van der Waals surface area contributed by atoms with Gasteiger partial charge in [0.1, 0.15) is 0 Å². The first-order valence-corrected chi connectivity index (χ1v) is 9.99. The highest BCUT2D eigenvalue weighted by Gasteiger charge is 2.44. The van der Waals surface area contributed by atoms with Gasteiger partial charge in [0.25, 0.3) is 5.91 Å². The van der Waals surface area contributed by atoms with Crippen LogP contribution in [0.25, 0.3) is 0 Å². The molecule has 0 saturated carbocycles. The van der Waals surface area contributed by atoms with E-state index in [9.17, 15) is 14.7 Å². The maximum absolute atomic E-state index is 12.8. The molecule has 0 saturated heterocycles. The molecule has 1 unspecified atom stereocenters. The summed E-state index contributed by atoms with van der Waals surface area (Å²) in [5.74, 6) is -0.829. The minimum Gasteiger partial charge on any atom is -0.503 e. The monoisotopic (exact) mass is 375 g/mol. The molecule has 1 aliphatic heterocycles. The first kappa shape index (κ1) is 17.9. The third kappa shape index (κ3) is 3.41. The van der Waals surface area contributed by atoms with Crippen molar-refractivity contribution >= 4 is 34.4 Å². The zero-order chi connectivity index (χ0) is 18.1. The third-order valence-electron chi connectivity index (χ3n) is 4.25. The number of hydrogen-bond donors (Lipinski definition) is 1. The smallest absolute Gasteiger partial charge is 0.290 e. The van der Waals surface area contributed by atoms with Crippen molar-refractivity contribution in [1.82, 2.24) is 4.90 Å². The van der Waals surface area contributed by atoms with Crippen LogP contribution < -0.4 is 0 Å². The summed E-state index contributed by atoms with van der Waals surface area (Å²) in [5, 5.41) is 14.4. The number of aliphatic hydroxyl groups excluding tert-OH is 1. The van der Waals surface area contributed by atoms with Gasteiger partial charge < -0.3 is 10.0 Å². The van der Waals surface area contributed by atoms with E-state index < -0.39 is 11.9 Å². The van der Waals surface area contributed by atoms with Crippen LogP contribution in [0.5, 0.6) is 0 Å². The van der Waals surface area contributed by atoms with Crippen molar-refractivity contribution in [2.24, 2.45) is 5.92 Å². The van der Waals surface area contributed by atoms with E-state index in [0.29, 0.717) is 13.0 Å². The molecule has 2 aromatic rings. The van der Waals surface area contributed by atoms with E-state index in [4.69, 9.17) is 0 Å². The Morgan fingerprint density at radius 2 is 2.04 bits per heavy atom. The van der Waals surface area contributed by atoms with Crippen molar-refractivity contribution in [2.75, 3.05) is 0 Å². The fraction of sp³-hybridized carbons (Fsp3) is 0.368. The lowest BCUT2D eigenvalue weighted by atomic mass is 9.94. The van der Waals surface area contributed by atoms with Crippen molar-refractivity contribution in [3.63, 3.8) is 0 Å². The van der Waals surface area contributed by atoms with Crippen LogP contribution in [0.3, 0.4) is 0 Å². The second-order valence-electron chi connectivity index (χ2n) is 6.67. The largest absolute Gasteiger partial charge is 0.503 e. The average Bonchev–Trinajstić information content (AvgIpc) is 3.24. The fourth-order valence-corrected chi connectivity index (χ4v) is 4.84. The number of amides is 1. The number of thiophene rings is 2. The molecule has 1 N–H and O–H groups in total. The maximum atomic E-state index is 12.8. The van der Waals surface area contributed by atoms with Crippen molar-refractivity contribution in [1.29, 1.82) is 0 Å². The molecule has 4 nitrogen and oxygen atoms in total. The molecule has 25 heavy (non-hydrogen) atoms. The molecular weight excluding hydrogens is 354 g/mol. The van der Waals surface area contributed by atoms with E-state index in [1.165, 1.54) is 11.3 Å². The minimum atomic E-state index is -0.499. The molecule has 0 spiro atoms. The molecule has 0 radical (unpaired) electrons. The molecule has 2 aromatic heterocycles. The van der Waals surface area contributed by atoms with Gasteiger partial charge in [-0.15, -0.1) is 22.7 Å². The SMILES string of the molecule is Cc1ccsc1C1C(C(=O)CC(C)C)=C(O)C(=O)N1Cc1cccs1. The molecule has 6 heteroatoms. The highest BCUT2D eigenvalue weighted by molar-refractivity contribution is 7.10. The summed E-state index contributed by atoms with van der Waals surface area (Å²) in [7, 11) is 0. The summed E-state index contributed by atoms with van der Waals surface area (Å²) in [4.78, 5) is 29.1. The lowest BCUT2D eigenvalue weighted by molar-refractivity contribution is -0.129. The fourth-order valence-electron chi connectivity index (χ4n) is 3.09. The lowest BCUT2D eigenvalue weighted by Crippen LogP contribution is -2.30. The number of nitrogens with zero attached hydrogens (tertiary/aromatic N) is 1. The normalized spacial score (nSPS) is 17.8. The number of Topliss-reactive ketones (excluding diaryl/α,β-unsaturated/α-hetero) is 1. The van der Waals surface area contributed by atoms with E-state index >= 15 is 0 Å². The summed E-state index contributed by atoms with van der Waals surface area (Å²) in [6.45, 7) is 6.28. The number of ketones is 1. The predicted molar refractivity (Wildman–Crippen MR) is 101 cm³/mol. The second-order valence-corrected chi connectivity index (χ2v) is 8.65. The van der Waals surface area contributed by atoms with Crippen LogP contribution in [-0.4, -0.2) is 21.7 Å². The van der Waals surface area contributed by atoms with Gasteiger partial charge in [0.15, 0.2) is 11.5 Å². The van der Waals surface area contributed by atoms with Crippen molar-refractivity contribution in [2.45, 2.75) is 39.8 Å². The summed E-state index contributed by atoms with van der Waals surface area (Å²) in [5.41, 5.74) is 1.28. The summed E-state index contributed by atoms with van der Waals surface area (Å²) >= 11 is 3.08. The number of aliphatic hydroxyl groups is 1. The van der Waals surface area contributed by atoms with Crippen LogP contribution in [0, 0.1) is 12.8 Å². The van der Waals surface area contributed by atoms with Crippen molar-refractivity contribution < 1.29 is 14.7 Å². The molecule has 132 valence electrons. The van der Waals surface area contributed by atoms with E-state index in [-0.39, 0.29) is 23.0 Å². The Morgan fingerprint density at radius 1 is 1.28 bits per heavy atom. The van der Waals surface area contributed by atoms with E-state index in [1.54, 1.807) is 16.2 Å². The molecular formula is C19H21NO3S2. The first-order chi connectivity index (χ1) is 11.9. The van der Waals surface area contributed by atoms with E-state index in [2.05, 4.69) is 0 Å². The lowest BCUT2D eigenvalue weighted by Gasteiger charge is -2.26. The van der Waals surface area contributed by atoms with Gasteiger partial charge in [-0.05, 0) is 41.3 Å². The van der Waals surface area contributed by atoms with Crippen LogP contribution >= 0.6 is 22.7 Å². The molecule has 1 atom stereocenters. The van der Waals surface area contributed by atoms with Crippen LogP contribution in [0.2, 0.25) is 0 Å². The highest BCUT2D eigenvalue weighted by atomic mass is 32.1. The van der Waals surface area contributed by atoms with Gasteiger partial charge in [-0.2, -0.15) is 0 Å². The van der Waals surface area contributed by atoms with Gasteiger partial charge in [-0.1, -0.05) is 19.9 Å². The van der Waals surface area contributed by atoms with Crippen LogP contribution in [0.15, 0.2) is 40.3 Å². The number of carbonyl (C=O) groups is 2. The Morgan fingerprint density at radius 3 is 2.60 bits per heavy atom. The molecule has 3 rings (SSSR count). The highest BCUT2D eigenvalue weighted by Crippen LogP contribution is 2.42. The molecule has 0 aromatic carbocycles. The predicted octanol–water partition coefficient (Wildman–Crippen LogP) is 4.63. The Bertz CT molecular complexity index is 818. The Hall–Kier alpha value is -1.92. The van der Waals surface area contributed by atoms with Gasteiger partial charge in [-0.3, -0.25) is 9.59 Å². The number of aryl methyl sites for hydroxylation is 1. The Balaban J connectivity index is 2.04. The van der Waals surface area contributed by atoms with Crippen LogP contribution in [0.4, 0.5) is 0 Å². The molecule has 0 aliphatic carbocycles. The summed E-state index contributed by atoms with van der Waals surface area (Å²) < 4.78 is 0. The van der Waals surface area contributed by atoms with Gasteiger partial charge >= 0.3 is 0 Å². The third-order valence-corrected chi connectivity index (χ3v) is 6.19. The van der Waals surface area contributed by atoms with Gasteiger partial charge in [-0.25, -0.2) is 0 Å². The van der Waals surface area contributed by atoms with Gasteiger partial charge in [0.05, 0.1) is 18.2 Å².